The summed E-state index contributed by atoms with van der Waals surface area (Å²) < 4.78 is 0. The maximum atomic E-state index is 2.40. The van der Waals surface area contributed by atoms with Crippen LogP contribution in [0.25, 0.3) is 0 Å². The van der Waals surface area contributed by atoms with Crippen LogP contribution in [0.15, 0.2) is 0 Å². The van der Waals surface area contributed by atoms with Gasteiger partial charge in [-0.15, -0.1) is 0 Å². The van der Waals surface area contributed by atoms with E-state index in [2.05, 4.69) is 39.6 Å². The second kappa shape index (κ2) is 7.37. The fourth-order valence-electron chi connectivity index (χ4n) is 1.57. The highest BCUT2D eigenvalue weighted by atomic mass is 15.1. The molecule has 0 saturated heterocycles. The van der Waals surface area contributed by atoms with Gasteiger partial charge in [0, 0.05) is 0 Å². The summed E-state index contributed by atoms with van der Waals surface area (Å²) in [6.07, 6.45) is 4.08. The van der Waals surface area contributed by atoms with E-state index in [-0.39, 0.29) is 0 Å². The molecule has 13 heavy (non-hydrogen) atoms. The van der Waals surface area contributed by atoms with E-state index in [1.807, 2.05) is 0 Å². The lowest BCUT2D eigenvalue weighted by molar-refractivity contribution is 0.296. The molecule has 1 nitrogen and oxygen atoms in total. The fraction of sp³-hybridized carbons (Fsp3) is 1.00. The van der Waals surface area contributed by atoms with Crippen LogP contribution in [0.1, 0.15) is 47.0 Å². The van der Waals surface area contributed by atoms with E-state index in [1.165, 1.54) is 32.4 Å². The maximum Gasteiger partial charge on any atom is -0.00194 e. The summed E-state index contributed by atoms with van der Waals surface area (Å²) in [4.78, 5) is 2.40. The molecule has 0 aromatic rings. The molecule has 2 unspecified atom stereocenters. The Balaban J connectivity index is 3.45. The zero-order valence-electron chi connectivity index (χ0n) is 10.1. The van der Waals surface area contributed by atoms with Gasteiger partial charge in [0.05, 0.1) is 0 Å². The fourth-order valence-corrected chi connectivity index (χ4v) is 1.57. The Morgan fingerprint density at radius 3 is 2.15 bits per heavy atom. The van der Waals surface area contributed by atoms with Crippen molar-refractivity contribution in [3.63, 3.8) is 0 Å². The van der Waals surface area contributed by atoms with Crippen molar-refractivity contribution in [2.24, 2.45) is 11.8 Å². The Bertz CT molecular complexity index is 112. The minimum absolute atomic E-state index is 0.893. The van der Waals surface area contributed by atoms with Crippen molar-refractivity contribution >= 4 is 0 Å². The molecule has 1 heteroatoms. The van der Waals surface area contributed by atoms with Crippen LogP contribution >= 0.6 is 0 Å². The lowest BCUT2D eigenvalue weighted by atomic mass is 9.93. The minimum atomic E-state index is 0.893. The molecule has 80 valence electrons. The molecular weight excluding hydrogens is 158 g/mol. The zero-order valence-corrected chi connectivity index (χ0v) is 10.1. The summed E-state index contributed by atoms with van der Waals surface area (Å²) in [7, 11) is 2.20. The van der Waals surface area contributed by atoms with Crippen molar-refractivity contribution in [1.29, 1.82) is 0 Å². The average molecular weight is 185 g/mol. The minimum Gasteiger partial charge on any atom is -0.307 e. The molecule has 0 aliphatic carbocycles. The maximum absolute atomic E-state index is 2.40. The van der Waals surface area contributed by atoms with Gasteiger partial charge in [-0.1, -0.05) is 34.1 Å². The van der Waals surface area contributed by atoms with Gasteiger partial charge in [-0.3, -0.25) is 0 Å². The lowest BCUT2D eigenvalue weighted by Gasteiger charge is -2.19. The van der Waals surface area contributed by atoms with Crippen LogP contribution < -0.4 is 0 Å². The summed E-state index contributed by atoms with van der Waals surface area (Å²) in [6, 6.07) is 0. The zero-order chi connectivity index (χ0) is 10.3. The van der Waals surface area contributed by atoms with Crippen molar-refractivity contribution < 1.29 is 0 Å². The first-order valence-electron chi connectivity index (χ1n) is 5.78. The Morgan fingerprint density at radius 1 is 1.08 bits per heavy atom. The Labute approximate surface area is 84.5 Å². The number of hydrogen-bond donors (Lipinski definition) is 0. The van der Waals surface area contributed by atoms with Gasteiger partial charge in [0.25, 0.3) is 0 Å². The third kappa shape index (κ3) is 7.06. The van der Waals surface area contributed by atoms with E-state index in [4.69, 9.17) is 0 Å². The van der Waals surface area contributed by atoms with Crippen LogP contribution in [0.4, 0.5) is 0 Å². The normalized spacial score (nSPS) is 16.2. The van der Waals surface area contributed by atoms with Crippen molar-refractivity contribution in [1.82, 2.24) is 4.90 Å². The van der Waals surface area contributed by atoms with Gasteiger partial charge in [0.2, 0.25) is 0 Å². The van der Waals surface area contributed by atoms with Gasteiger partial charge in [-0.05, 0) is 44.8 Å². The summed E-state index contributed by atoms with van der Waals surface area (Å²) in [5.41, 5.74) is 0. The molecule has 0 N–H and O–H groups in total. The molecule has 0 aliphatic rings. The molecule has 0 saturated carbocycles. The van der Waals surface area contributed by atoms with Crippen molar-refractivity contribution in [3.05, 3.63) is 0 Å². The highest BCUT2D eigenvalue weighted by molar-refractivity contribution is 4.60. The van der Waals surface area contributed by atoms with Crippen LogP contribution in [0.2, 0.25) is 0 Å². The Hall–Kier alpha value is -0.0400. The van der Waals surface area contributed by atoms with E-state index >= 15 is 0 Å². The molecule has 0 rings (SSSR count). The summed E-state index contributed by atoms with van der Waals surface area (Å²) >= 11 is 0. The lowest BCUT2D eigenvalue weighted by Crippen LogP contribution is -2.21. The summed E-state index contributed by atoms with van der Waals surface area (Å²) in [6.45, 7) is 11.7. The Kier molecular flexibility index (Phi) is 7.35. The van der Waals surface area contributed by atoms with Crippen LogP contribution in [0.5, 0.6) is 0 Å². The van der Waals surface area contributed by atoms with Gasteiger partial charge in [-0.25, -0.2) is 0 Å². The molecule has 0 heterocycles. The predicted octanol–water partition coefficient (Wildman–Crippen LogP) is 3.40. The first kappa shape index (κ1) is 13.0. The van der Waals surface area contributed by atoms with Crippen LogP contribution in [-0.2, 0) is 0 Å². The molecule has 0 aromatic heterocycles. The molecule has 0 amide bonds. The predicted molar refractivity (Wildman–Crippen MR) is 61.0 cm³/mol. The van der Waals surface area contributed by atoms with E-state index in [9.17, 15) is 0 Å². The topological polar surface area (TPSA) is 3.24 Å². The summed E-state index contributed by atoms with van der Waals surface area (Å²) in [5.74, 6) is 1.80. The van der Waals surface area contributed by atoms with Gasteiger partial charge in [0.1, 0.15) is 0 Å². The first-order chi connectivity index (χ1) is 6.10. The quantitative estimate of drug-likeness (QED) is 0.587. The molecule has 2 atom stereocenters. The van der Waals surface area contributed by atoms with Gasteiger partial charge < -0.3 is 4.90 Å². The van der Waals surface area contributed by atoms with Crippen molar-refractivity contribution in [2.75, 3.05) is 20.1 Å². The molecule has 0 aromatic carbocycles. The smallest absolute Gasteiger partial charge is 0.00194 e. The standard InChI is InChI=1S/C12H27N/c1-6-11(3)10-12(4)8-9-13(5)7-2/h11-12H,6-10H2,1-5H3. The number of rotatable bonds is 7. The van der Waals surface area contributed by atoms with E-state index < -0.39 is 0 Å². The second-order valence-corrected chi connectivity index (χ2v) is 4.54. The van der Waals surface area contributed by atoms with E-state index in [0.717, 1.165) is 11.8 Å². The molecule has 0 aliphatic heterocycles. The van der Waals surface area contributed by atoms with E-state index in [0.29, 0.717) is 0 Å². The molecule has 0 spiro atoms. The third-order valence-electron chi connectivity index (χ3n) is 3.05. The van der Waals surface area contributed by atoms with Crippen LogP contribution in [0, 0.1) is 11.8 Å². The van der Waals surface area contributed by atoms with Crippen LogP contribution in [-0.4, -0.2) is 25.0 Å². The van der Waals surface area contributed by atoms with Gasteiger partial charge in [0.15, 0.2) is 0 Å². The van der Waals surface area contributed by atoms with Crippen molar-refractivity contribution in [2.45, 2.75) is 47.0 Å². The van der Waals surface area contributed by atoms with Gasteiger partial charge >= 0.3 is 0 Å². The monoisotopic (exact) mass is 185 g/mol. The average Bonchev–Trinajstić information content (AvgIpc) is 2.13. The second-order valence-electron chi connectivity index (χ2n) is 4.54. The molecular formula is C12H27N. The highest BCUT2D eigenvalue weighted by Gasteiger charge is 2.07. The number of hydrogen-bond acceptors (Lipinski definition) is 1. The molecule has 0 radical (unpaired) electrons. The summed E-state index contributed by atoms with van der Waals surface area (Å²) in [5, 5.41) is 0. The molecule has 0 bridgehead atoms. The molecule has 0 fully saturated rings. The number of nitrogens with zero attached hydrogens (tertiary/aromatic N) is 1. The largest absolute Gasteiger partial charge is 0.307 e. The Morgan fingerprint density at radius 2 is 1.69 bits per heavy atom. The van der Waals surface area contributed by atoms with Crippen LogP contribution in [0.3, 0.4) is 0 Å². The SMILES string of the molecule is CCC(C)CC(C)CCN(C)CC. The third-order valence-corrected chi connectivity index (χ3v) is 3.05. The van der Waals surface area contributed by atoms with Gasteiger partial charge in [-0.2, -0.15) is 0 Å². The first-order valence-corrected chi connectivity index (χ1v) is 5.78. The highest BCUT2D eigenvalue weighted by Crippen LogP contribution is 2.17. The van der Waals surface area contributed by atoms with Crippen molar-refractivity contribution in [3.8, 4) is 0 Å². The van der Waals surface area contributed by atoms with E-state index in [1.54, 1.807) is 0 Å².